The van der Waals surface area contributed by atoms with E-state index in [0.717, 1.165) is 19.1 Å². The van der Waals surface area contributed by atoms with Gasteiger partial charge in [-0.05, 0) is 37.9 Å². The maximum absolute atomic E-state index is 13.0. The van der Waals surface area contributed by atoms with Gasteiger partial charge in [0.15, 0.2) is 5.78 Å². The second kappa shape index (κ2) is 7.50. The average molecular weight is 279 g/mol. The topological polar surface area (TPSA) is 29.5 Å². The fourth-order valence-corrected chi connectivity index (χ4v) is 1.97. The first-order valence-electron chi connectivity index (χ1n) is 7.20. The maximum atomic E-state index is 13.0. The fraction of sp³-hybridized carbons (Fsp3) is 0.562. The van der Waals surface area contributed by atoms with Crippen LogP contribution in [0.15, 0.2) is 24.3 Å². The van der Waals surface area contributed by atoms with Crippen molar-refractivity contribution in [2.24, 2.45) is 5.92 Å². The highest BCUT2D eigenvalue weighted by Gasteiger charge is 2.20. The Morgan fingerprint density at radius 2 is 2.20 bits per heavy atom. The summed E-state index contributed by atoms with van der Waals surface area (Å²) in [6.45, 7) is 3.07. The van der Waals surface area contributed by atoms with Gasteiger partial charge in [0.05, 0.1) is 6.61 Å². The van der Waals surface area contributed by atoms with Crippen molar-refractivity contribution >= 4 is 5.78 Å². The molecule has 1 aliphatic carbocycles. The molecule has 0 saturated heterocycles. The molecule has 1 aromatic carbocycles. The van der Waals surface area contributed by atoms with E-state index in [-0.39, 0.29) is 11.6 Å². The molecular weight excluding hydrogens is 257 g/mol. The van der Waals surface area contributed by atoms with Gasteiger partial charge in [0, 0.05) is 31.7 Å². The molecule has 0 unspecified atom stereocenters. The lowest BCUT2D eigenvalue weighted by Crippen LogP contribution is -2.26. The van der Waals surface area contributed by atoms with E-state index >= 15 is 0 Å². The Hall–Kier alpha value is -1.26. The monoisotopic (exact) mass is 279 g/mol. The molecule has 0 heterocycles. The Kier molecular flexibility index (Phi) is 5.68. The summed E-state index contributed by atoms with van der Waals surface area (Å²) < 4.78 is 18.6. The highest BCUT2D eigenvalue weighted by atomic mass is 19.1. The first-order chi connectivity index (χ1) is 9.65. The van der Waals surface area contributed by atoms with Crippen LogP contribution < -0.4 is 0 Å². The number of carbonyl (C=O) groups is 1. The Morgan fingerprint density at radius 1 is 1.40 bits per heavy atom. The summed E-state index contributed by atoms with van der Waals surface area (Å²) in [5.74, 6) is 0.405. The molecule has 0 N–H and O–H groups in total. The van der Waals surface area contributed by atoms with Crippen LogP contribution >= 0.6 is 0 Å². The molecule has 0 spiro atoms. The van der Waals surface area contributed by atoms with Crippen LogP contribution in [0, 0.1) is 11.7 Å². The van der Waals surface area contributed by atoms with Crippen LogP contribution in [0.25, 0.3) is 0 Å². The third-order valence-electron chi connectivity index (χ3n) is 3.54. The number of likely N-dealkylation sites (N-methyl/N-ethyl adjacent to an activating group) is 1. The van der Waals surface area contributed by atoms with Gasteiger partial charge in [-0.25, -0.2) is 4.39 Å². The van der Waals surface area contributed by atoms with Gasteiger partial charge in [-0.2, -0.15) is 0 Å². The first-order valence-corrected chi connectivity index (χ1v) is 7.20. The number of rotatable bonds is 9. The van der Waals surface area contributed by atoms with Crippen LogP contribution in [-0.4, -0.2) is 44.0 Å². The van der Waals surface area contributed by atoms with Crippen molar-refractivity contribution in [2.45, 2.75) is 19.3 Å². The average Bonchev–Trinajstić information content (AvgIpc) is 3.25. The second-order valence-electron chi connectivity index (χ2n) is 5.51. The largest absolute Gasteiger partial charge is 0.380 e. The van der Waals surface area contributed by atoms with Crippen molar-refractivity contribution in [1.29, 1.82) is 0 Å². The number of hydrogen-bond donors (Lipinski definition) is 0. The molecule has 1 fully saturated rings. The number of halogens is 1. The van der Waals surface area contributed by atoms with Gasteiger partial charge in [-0.15, -0.1) is 0 Å². The van der Waals surface area contributed by atoms with Gasteiger partial charge >= 0.3 is 0 Å². The minimum absolute atomic E-state index is 0.0183. The van der Waals surface area contributed by atoms with Gasteiger partial charge in [-0.3, -0.25) is 4.79 Å². The number of ketones is 1. The Morgan fingerprint density at radius 3 is 2.90 bits per heavy atom. The standard InChI is InChI=1S/C16H22FNO2/c1-18(9-10-20-12-13-5-6-13)8-7-16(19)14-3-2-4-15(17)11-14/h2-4,11,13H,5-10,12H2,1H3. The predicted molar refractivity (Wildman–Crippen MR) is 76.4 cm³/mol. The molecule has 0 aliphatic heterocycles. The van der Waals surface area contributed by atoms with E-state index in [1.807, 2.05) is 7.05 Å². The minimum Gasteiger partial charge on any atom is -0.380 e. The zero-order chi connectivity index (χ0) is 14.4. The number of nitrogens with zero attached hydrogens (tertiary/aromatic N) is 1. The molecule has 1 aliphatic rings. The lowest BCUT2D eigenvalue weighted by molar-refractivity contribution is 0.0918. The smallest absolute Gasteiger partial charge is 0.164 e. The van der Waals surface area contributed by atoms with E-state index in [4.69, 9.17) is 4.74 Å². The summed E-state index contributed by atoms with van der Waals surface area (Å²) in [6, 6.07) is 5.86. The number of hydrogen-bond acceptors (Lipinski definition) is 3. The van der Waals surface area contributed by atoms with Gasteiger partial charge in [0.2, 0.25) is 0 Å². The van der Waals surface area contributed by atoms with Crippen LogP contribution in [0.3, 0.4) is 0 Å². The van der Waals surface area contributed by atoms with Crippen molar-refractivity contribution < 1.29 is 13.9 Å². The summed E-state index contributed by atoms with van der Waals surface area (Å²) in [6.07, 6.45) is 3.01. The molecule has 20 heavy (non-hydrogen) atoms. The van der Waals surface area contributed by atoms with Crippen LogP contribution in [0.4, 0.5) is 4.39 Å². The zero-order valence-corrected chi connectivity index (χ0v) is 12.0. The molecule has 110 valence electrons. The van der Waals surface area contributed by atoms with Gasteiger partial charge in [-0.1, -0.05) is 12.1 Å². The SMILES string of the molecule is CN(CCOCC1CC1)CCC(=O)c1cccc(F)c1. The molecule has 0 bridgehead atoms. The molecule has 3 nitrogen and oxygen atoms in total. The highest BCUT2D eigenvalue weighted by Crippen LogP contribution is 2.28. The Labute approximate surface area is 119 Å². The van der Waals surface area contributed by atoms with E-state index in [0.29, 0.717) is 25.1 Å². The van der Waals surface area contributed by atoms with E-state index in [2.05, 4.69) is 4.90 Å². The normalized spacial score (nSPS) is 14.8. The summed E-state index contributed by atoms with van der Waals surface area (Å²) in [7, 11) is 1.97. The van der Waals surface area contributed by atoms with Crippen LogP contribution in [-0.2, 0) is 4.74 Å². The number of ether oxygens (including phenoxy) is 1. The van der Waals surface area contributed by atoms with Crippen LogP contribution in [0.5, 0.6) is 0 Å². The second-order valence-corrected chi connectivity index (χ2v) is 5.51. The molecule has 2 rings (SSSR count). The number of carbonyl (C=O) groups excluding carboxylic acids is 1. The highest BCUT2D eigenvalue weighted by molar-refractivity contribution is 5.96. The number of Topliss-reactive ketones (excluding diaryl/α,β-unsaturated/α-hetero) is 1. The summed E-state index contributed by atoms with van der Waals surface area (Å²) >= 11 is 0. The summed E-state index contributed by atoms with van der Waals surface area (Å²) in [5.41, 5.74) is 0.448. The van der Waals surface area contributed by atoms with Gasteiger partial charge in [0.1, 0.15) is 5.82 Å². The van der Waals surface area contributed by atoms with Crippen molar-refractivity contribution in [1.82, 2.24) is 4.90 Å². The third-order valence-corrected chi connectivity index (χ3v) is 3.54. The molecule has 4 heteroatoms. The van der Waals surface area contributed by atoms with Crippen LogP contribution in [0.1, 0.15) is 29.6 Å². The van der Waals surface area contributed by atoms with Crippen molar-refractivity contribution in [2.75, 3.05) is 33.4 Å². The lowest BCUT2D eigenvalue weighted by atomic mass is 10.1. The number of benzene rings is 1. The molecule has 1 aromatic rings. The van der Waals surface area contributed by atoms with Crippen molar-refractivity contribution in [3.8, 4) is 0 Å². The minimum atomic E-state index is -0.363. The van der Waals surface area contributed by atoms with E-state index in [9.17, 15) is 9.18 Å². The summed E-state index contributed by atoms with van der Waals surface area (Å²) in [5, 5.41) is 0. The van der Waals surface area contributed by atoms with Crippen molar-refractivity contribution in [3.63, 3.8) is 0 Å². The fourth-order valence-electron chi connectivity index (χ4n) is 1.97. The van der Waals surface area contributed by atoms with Crippen LogP contribution in [0.2, 0.25) is 0 Å². The van der Waals surface area contributed by atoms with Gasteiger partial charge in [0.25, 0.3) is 0 Å². The van der Waals surface area contributed by atoms with E-state index in [1.165, 1.54) is 25.0 Å². The van der Waals surface area contributed by atoms with E-state index in [1.54, 1.807) is 12.1 Å². The Bertz CT molecular complexity index is 446. The Balaban J connectivity index is 1.61. The molecule has 0 amide bonds. The van der Waals surface area contributed by atoms with Gasteiger partial charge < -0.3 is 9.64 Å². The third kappa shape index (κ3) is 5.39. The summed E-state index contributed by atoms with van der Waals surface area (Å²) in [4.78, 5) is 14.0. The maximum Gasteiger partial charge on any atom is 0.164 e. The lowest BCUT2D eigenvalue weighted by Gasteiger charge is -2.16. The molecule has 0 radical (unpaired) electrons. The molecule has 0 aromatic heterocycles. The zero-order valence-electron chi connectivity index (χ0n) is 12.0. The van der Waals surface area contributed by atoms with Crippen molar-refractivity contribution in [3.05, 3.63) is 35.6 Å². The molecule has 1 saturated carbocycles. The van der Waals surface area contributed by atoms with E-state index < -0.39 is 0 Å². The first kappa shape index (κ1) is 15.1. The molecule has 0 atom stereocenters. The quantitative estimate of drug-likeness (QED) is 0.514. The predicted octanol–water partition coefficient (Wildman–Crippen LogP) is 2.76. The molecular formula is C16H22FNO2.